The normalized spacial score (nSPS) is 18.7. The van der Waals surface area contributed by atoms with Gasteiger partial charge in [0.2, 0.25) is 0 Å². The van der Waals surface area contributed by atoms with Crippen LogP contribution in [0.5, 0.6) is 0 Å². The fraction of sp³-hybridized carbons (Fsp3) is 0.357. The summed E-state index contributed by atoms with van der Waals surface area (Å²) in [5, 5.41) is 8.71. The SMILES string of the molecule is COC(CN1CC(c2ccc(-c3ccc4c(ccc5sc6c(c54)NC[C@@H](C)NC6=O)n3)cc2)C1)OC. The van der Waals surface area contributed by atoms with Crippen LogP contribution in [-0.4, -0.2) is 68.5 Å². The van der Waals surface area contributed by atoms with Crippen molar-refractivity contribution in [1.29, 1.82) is 0 Å². The molecule has 0 radical (unpaired) electrons. The summed E-state index contributed by atoms with van der Waals surface area (Å²) in [5.74, 6) is 0.529. The van der Waals surface area contributed by atoms with E-state index in [1.54, 1.807) is 14.2 Å². The Morgan fingerprint density at radius 3 is 2.61 bits per heavy atom. The highest BCUT2D eigenvalue weighted by molar-refractivity contribution is 7.21. The first-order valence-electron chi connectivity index (χ1n) is 12.3. The van der Waals surface area contributed by atoms with Crippen LogP contribution in [0.15, 0.2) is 48.5 Å². The maximum Gasteiger partial charge on any atom is 0.263 e. The Hall–Kier alpha value is -3.04. The molecular weight excluding hydrogens is 472 g/mol. The maximum absolute atomic E-state index is 12.7. The van der Waals surface area contributed by atoms with E-state index in [9.17, 15) is 4.79 Å². The third-order valence-corrected chi connectivity index (χ3v) is 8.41. The fourth-order valence-corrected chi connectivity index (χ4v) is 6.30. The van der Waals surface area contributed by atoms with E-state index in [4.69, 9.17) is 14.5 Å². The minimum Gasteiger partial charge on any atom is -0.381 e. The number of nitrogens with one attached hydrogen (secondary N) is 2. The molecule has 4 heterocycles. The van der Waals surface area contributed by atoms with Gasteiger partial charge in [-0.2, -0.15) is 0 Å². The first-order chi connectivity index (χ1) is 17.5. The second-order valence-electron chi connectivity index (χ2n) is 9.70. The van der Waals surface area contributed by atoms with Crippen molar-refractivity contribution in [2.45, 2.75) is 25.2 Å². The number of nitrogens with zero attached hydrogens (tertiary/aromatic N) is 2. The van der Waals surface area contributed by atoms with Gasteiger partial charge in [0.25, 0.3) is 5.91 Å². The van der Waals surface area contributed by atoms with E-state index in [1.807, 2.05) is 6.92 Å². The summed E-state index contributed by atoms with van der Waals surface area (Å²) >= 11 is 1.54. The van der Waals surface area contributed by atoms with Gasteiger partial charge in [-0.1, -0.05) is 24.3 Å². The topological polar surface area (TPSA) is 75.7 Å². The molecule has 2 N–H and O–H groups in total. The molecule has 6 rings (SSSR count). The van der Waals surface area contributed by atoms with Crippen LogP contribution in [0.1, 0.15) is 28.1 Å². The van der Waals surface area contributed by atoms with Crippen molar-refractivity contribution in [2.75, 3.05) is 45.7 Å². The van der Waals surface area contributed by atoms with Crippen LogP contribution in [-0.2, 0) is 9.47 Å². The number of fused-ring (bicyclic) bond motifs is 5. The molecule has 8 heteroatoms. The highest BCUT2D eigenvalue weighted by atomic mass is 32.1. The first kappa shape index (κ1) is 23.4. The number of ether oxygens (including phenoxy) is 2. The minimum absolute atomic E-state index is 0.00619. The molecule has 1 fully saturated rings. The van der Waals surface area contributed by atoms with Gasteiger partial charge in [0.1, 0.15) is 4.88 Å². The van der Waals surface area contributed by atoms with E-state index >= 15 is 0 Å². The number of hydrogen-bond acceptors (Lipinski definition) is 7. The fourth-order valence-electron chi connectivity index (χ4n) is 5.20. The molecule has 0 bridgehead atoms. The largest absolute Gasteiger partial charge is 0.381 e. The van der Waals surface area contributed by atoms with E-state index in [0.29, 0.717) is 12.5 Å². The molecule has 1 atom stereocenters. The number of amides is 1. The average Bonchev–Trinajstić information content (AvgIpc) is 3.19. The molecule has 4 aromatic rings. The second kappa shape index (κ2) is 9.44. The van der Waals surface area contributed by atoms with Crippen molar-refractivity contribution in [1.82, 2.24) is 15.2 Å². The molecule has 0 saturated carbocycles. The van der Waals surface area contributed by atoms with Crippen molar-refractivity contribution in [2.24, 2.45) is 0 Å². The molecule has 0 unspecified atom stereocenters. The summed E-state index contributed by atoms with van der Waals surface area (Å²) in [6.45, 7) is 5.55. The zero-order valence-corrected chi connectivity index (χ0v) is 21.5. The summed E-state index contributed by atoms with van der Waals surface area (Å²) in [7, 11) is 3.36. The van der Waals surface area contributed by atoms with Crippen LogP contribution < -0.4 is 10.6 Å². The van der Waals surface area contributed by atoms with Crippen LogP contribution in [0.25, 0.3) is 32.2 Å². The smallest absolute Gasteiger partial charge is 0.263 e. The molecular formula is C28H30N4O3S. The van der Waals surface area contributed by atoms with Gasteiger partial charge in [-0.05, 0) is 36.8 Å². The zero-order chi connectivity index (χ0) is 24.8. The van der Waals surface area contributed by atoms with Crippen LogP contribution in [0, 0.1) is 0 Å². The molecule has 1 amide bonds. The lowest BCUT2D eigenvalue weighted by Crippen LogP contribution is -2.48. The predicted octanol–water partition coefficient (Wildman–Crippen LogP) is 4.68. The van der Waals surface area contributed by atoms with E-state index in [2.05, 4.69) is 64.1 Å². The third-order valence-electron chi connectivity index (χ3n) is 7.26. The number of rotatable bonds is 6. The Bertz CT molecular complexity index is 1420. The lowest BCUT2D eigenvalue weighted by Gasteiger charge is -2.40. The van der Waals surface area contributed by atoms with Crippen molar-refractivity contribution >= 4 is 43.9 Å². The Morgan fingerprint density at radius 1 is 1.08 bits per heavy atom. The van der Waals surface area contributed by atoms with Gasteiger partial charge in [-0.3, -0.25) is 9.69 Å². The average molecular weight is 503 g/mol. The van der Waals surface area contributed by atoms with E-state index in [0.717, 1.165) is 62.4 Å². The number of thiophene rings is 1. The number of benzene rings is 2. The Kier molecular flexibility index (Phi) is 6.13. The maximum atomic E-state index is 12.7. The minimum atomic E-state index is -0.172. The molecule has 36 heavy (non-hydrogen) atoms. The van der Waals surface area contributed by atoms with Gasteiger partial charge in [-0.25, -0.2) is 4.98 Å². The van der Waals surface area contributed by atoms with Gasteiger partial charge in [0.15, 0.2) is 6.29 Å². The highest BCUT2D eigenvalue weighted by Crippen LogP contribution is 2.41. The summed E-state index contributed by atoms with van der Waals surface area (Å²) < 4.78 is 11.7. The molecule has 7 nitrogen and oxygen atoms in total. The van der Waals surface area contributed by atoms with E-state index in [-0.39, 0.29) is 18.2 Å². The Balaban J connectivity index is 1.24. The molecule has 2 aromatic heterocycles. The molecule has 1 saturated heterocycles. The molecule has 2 aromatic carbocycles. The van der Waals surface area contributed by atoms with Crippen molar-refractivity contribution in [3.05, 3.63) is 59.0 Å². The molecule has 2 aliphatic rings. The van der Waals surface area contributed by atoms with Crippen LogP contribution in [0.2, 0.25) is 0 Å². The molecule has 2 aliphatic heterocycles. The molecule has 0 spiro atoms. The highest BCUT2D eigenvalue weighted by Gasteiger charge is 2.30. The van der Waals surface area contributed by atoms with E-state index in [1.165, 1.54) is 16.9 Å². The van der Waals surface area contributed by atoms with Gasteiger partial charge in [0, 0.05) is 73.4 Å². The van der Waals surface area contributed by atoms with Gasteiger partial charge < -0.3 is 20.1 Å². The first-order valence-corrected chi connectivity index (χ1v) is 13.1. The molecule has 186 valence electrons. The number of carbonyl (C=O) groups excluding carboxylic acids is 1. The Labute approximate surface area is 214 Å². The van der Waals surface area contributed by atoms with Crippen LogP contribution >= 0.6 is 11.3 Å². The second-order valence-corrected chi connectivity index (χ2v) is 10.8. The lowest BCUT2D eigenvalue weighted by atomic mass is 9.90. The quantitative estimate of drug-likeness (QED) is 0.373. The number of hydrogen-bond donors (Lipinski definition) is 2. The standard InChI is InChI=1S/C28H30N4O3S/c1-16-12-29-26-25-20-8-9-21(31-22(20)10-11-23(25)36-27(26)28(33)30-16)18-6-4-17(5-7-18)19-13-32(14-19)15-24(34-2)35-3/h4-11,16,19,24,29H,12-15H2,1-3H3,(H,30,33)/t16-/m1/s1. The van der Waals surface area contributed by atoms with Gasteiger partial charge in [-0.15, -0.1) is 11.3 Å². The van der Waals surface area contributed by atoms with Crippen molar-refractivity contribution in [3.8, 4) is 11.3 Å². The number of methoxy groups -OCH3 is 2. The number of pyridine rings is 1. The molecule has 0 aliphatic carbocycles. The third kappa shape index (κ3) is 4.14. The predicted molar refractivity (Wildman–Crippen MR) is 145 cm³/mol. The van der Waals surface area contributed by atoms with Crippen molar-refractivity contribution in [3.63, 3.8) is 0 Å². The number of aromatic nitrogens is 1. The van der Waals surface area contributed by atoms with Crippen LogP contribution in [0.3, 0.4) is 0 Å². The lowest BCUT2D eigenvalue weighted by molar-refractivity contribution is -0.124. The van der Waals surface area contributed by atoms with Gasteiger partial charge >= 0.3 is 0 Å². The van der Waals surface area contributed by atoms with E-state index < -0.39 is 0 Å². The summed E-state index contributed by atoms with van der Waals surface area (Å²) in [4.78, 5) is 20.8. The van der Waals surface area contributed by atoms with Gasteiger partial charge in [0.05, 0.1) is 16.9 Å². The summed E-state index contributed by atoms with van der Waals surface area (Å²) in [6, 6.07) is 17.2. The van der Waals surface area contributed by atoms with Crippen molar-refractivity contribution < 1.29 is 14.3 Å². The zero-order valence-electron chi connectivity index (χ0n) is 20.7. The number of carbonyl (C=O) groups is 1. The summed E-state index contributed by atoms with van der Waals surface area (Å²) in [5.41, 5.74) is 5.27. The van der Waals surface area contributed by atoms with Crippen LogP contribution in [0.4, 0.5) is 5.69 Å². The number of likely N-dealkylation sites (tertiary alicyclic amines) is 1. The monoisotopic (exact) mass is 502 g/mol. The number of anilines is 1. The summed E-state index contributed by atoms with van der Waals surface area (Å²) in [6.07, 6.45) is -0.172. The Morgan fingerprint density at radius 2 is 1.86 bits per heavy atom.